The molecule has 7 nitrogen and oxygen atoms in total. The molecular formula is C14H15BN4O3. The number of hydrogen-bond donors (Lipinski definition) is 1. The summed E-state index contributed by atoms with van der Waals surface area (Å²) in [6.07, 6.45) is 3.25. The Hall–Kier alpha value is -2.45. The van der Waals surface area contributed by atoms with Crippen molar-refractivity contribution in [3.8, 4) is 5.75 Å². The van der Waals surface area contributed by atoms with Gasteiger partial charge in [-0.2, -0.15) is 10.2 Å². The number of aromatic nitrogens is 2. The van der Waals surface area contributed by atoms with Crippen LogP contribution in [0.2, 0.25) is 0 Å². The summed E-state index contributed by atoms with van der Waals surface area (Å²) in [6.45, 7) is 0.412. The summed E-state index contributed by atoms with van der Waals surface area (Å²) < 4.78 is 10.3. The Balaban J connectivity index is 1.76. The van der Waals surface area contributed by atoms with E-state index in [2.05, 4.69) is 15.3 Å². The lowest BCUT2D eigenvalue weighted by molar-refractivity contribution is 0.275. The molecule has 0 atom stereocenters. The summed E-state index contributed by atoms with van der Waals surface area (Å²) in [5, 5.41) is 23.4. The van der Waals surface area contributed by atoms with E-state index < -0.39 is 7.12 Å². The minimum absolute atomic E-state index is 0.412. The molecule has 0 saturated carbocycles. The fourth-order valence-electron chi connectivity index (χ4n) is 2.15. The second-order valence-corrected chi connectivity index (χ2v) is 4.84. The highest BCUT2D eigenvalue weighted by Crippen LogP contribution is 2.15. The van der Waals surface area contributed by atoms with Crippen molar-refractivity contribution in [3.05, 3.63) is 41.6 Å². The molecule has 0 radical (unpaired) electrons. The first-order chi connectivity index (χ1) is 10.7. The van der Waals surface area contributed by atoms with Crippen molar-refractivity contribution < 1.29 is 14.4 Å². The van der Waals surface area contributed by atoms with Crippen LogP contribution in [0.5, 0.6) is 5.75 Å². The fraction of sp³-hybridized carbons (Fsp3) is 0.214. The maximum atomic E-state index is 9.60. The van der Waals surface area contributed by atoms with E-state index in [0.29, 0.717) is 18.2 Å². The van der Waals surface area contributed by atoms with Crippen LogP contribution in [0.4, 0.5) is 5.82 Å². The maximum absolute atomic E-state index is 9.60. The van der Waals surface area contributed by atoms with Gasteiger partial charge < -0.3 is 14.4 Å². The number of rotatable bonds is 4. The molecule has 0 bridgehead atoms. The lowest BCUT2D eigenvalue weighted by atomic mass is 9.79. The highest BCUT2D eigenvalue weighted by Gasteiger charge is 2.26. The number of anilines is 1. The van der Waals surface area contributed by atoms with E-state index in [1.54, 1.807) is 31.4 Å². The molecule has 1 aromatic heterocycles. The topological polar surface area (TPSA) is 80.1 Å². The van der Waals surface area contributed by atoms with Gasteiger partial charge in [-0.25, -0.2) is 5.01 Å². The van der Waals surface area contributed by atoms with Crippen molar-refractivity contribution in [1.29, 1.82) is 0 Å². The van der Waals surface area contributed by atoms with Crippen LogP contribution in [0.3, 0.4) is 0 Å². The molecule has 22 heavy (non-hydrogen) atoms. The molecule has 0 fully saturated rings. The van der Waals surface area contributed by atoms with Gasteiger partial charge in [-0.1, -0.05) is 12.1 Å². The van der Waals surface area contributed by atoms with Crippen LogP contribution < -0.4 is 15.2 Å². The molecule has 8 heteroatoms. The van der Waals surface area contributed by atoms with Crippen molar-refractivity contribution in [3.63, 3.8) is 0 Å². The van der Waals surface area contributed by atoms with Crippen LogP contribution in [-0.2, 0) is 11.3 Å². The fourth-order valence-corrected chi connectivity index (χ4v) is 2.15. The summed E-state index contributed by atoms with van der Waals surface area (Å²) >= 11 is 0. The Morgan fingerprint density at radius 3 is 3.14 bits per heavy atom. The second-order valence-electron chi connectivity index (χ2n) is 4.84. The Labute approximate surface area is 128 Å². The van der Waals surface area contributed by atoms with E-state index in [0.717, 1.165) is 16.6 Å². The summed E-state index contributed by atoms with van der Waals surface area (Å²) in [5.74, 6) is 1.20. The van der Waals surface area contributed by atoms with E-state index in [1.807, 2.05) is 18.2 Å². The molecule has 1 aromatic carbocycles. The smallest absolute Gasteiger partial charge is 0.491 e. The Bertz CT molecular complexity index is 710. The lowest BCUT2D eigenvalue weighted by Gasteiger charge is -2.11. The monoisotopic (exact) mass is 298 g/mol. The normalized spacial score (nSPS) is 13.5. The number of nitrogens with zero attached hydrogens (tertiary/aromatic N) is 4. The van der Waals surface area contributed by atoms with Gasteiger partial charge in [0.25, 0.3) is 0 Å². The highest BCUT2D eigenvalue weighted by atomic mass is 16.5. The highest BCUT2D eigenvalue weighted by molar-refractivity contribution is 6.61. The molecule has 0 spiro atoms. The quantitative estimate of drug-likeness (QED) is 0.492. The molecule has 0 saturated heterocycles. The molecule has 3 rings (SSSR count). The standard InChI is InChI=1S/C14H15BN4O3/c1-19(14-6-12(21-2)8-16-18-14)17-7-10-3-4-13-11(5-10)9-22-15(13)20/h3-8,20H,9H2,1-2H3/b17-7+. The van der Waals surface area contributed by atoms with Gasteiger partial charge in [0, 0.05) is 13.1 Å². The summed E-state index contributed by atoms with van der Waals surface area (Å²) in [6, 6.07) is 7.42. The maximum Gasteiger partial charge on any atom is 0.491 e. The zero-order valence-electron chi connectivity index (χ0n) is 12.3. The molecule has 2 heterocycles. The second kappa shape index (κ2) is 6.12. The first-order valence-electron chi connectivity index (χ1n) is 6.74. The summed E-state index contributed by atoms with van der Waals surface area (Å²) in [7, 11) is 2.53. The third-order valence-corrected chi connectivity index (χ3v) is 3.39. The third-order valence-electron chi connectivity index (χ3n) is 3.39. The van der Waals surface area contributed by atoms with Gasteiger partial charge in [-0.3, -0.25) is 0 Å². The number of hydrazone groups is 1. The van der Waals surface area contributed by atoms with Crippen LogP contribution in [0.15, 0.2) is 35.6 Å². The Morgan fingerprint density at radius 1 is 1.45 bits per heavy atom. The average Bonchev–Trinajstić information content (AvgIpc) is 2.93. The largest absolute Gasteiger partial charge is 0.495 e. The van der Waals surface area contributed by atoms with Crippen molar-refractivity contribution in [2.45, 2.75) is 6.61 Å². The molecule has 0 aliphatic carbocycles. The van der Waals surface area contributed by atoms with Gasteiger partial charge in [-0.15, -0.1) is 5.10 Å². The molecule has 2 aromatic rings. The molecule has 0 unspecified atom stereocenters. The Kier molecular flexibility index (Phi) is 4.03. The van der Waals surface area contributed by atoms with Gasteiger partial charge in [0.05, 0.1) is 26.1 Å². The molecule has 1 aliphatic rings. The molecule has 112 valence electrons. The SMILES string of the molecule is COc1cnnc(N(C)/N=C/c2ccc3c(c2)COB3O)c1. The van der Waals surface area contributed by atoms with Crippen LogP contribution in [0.25, 0.3) is 0 Å². The predicted octanol–water partition coefficient (Wildman–Crippen LogP) is 0.173. The number of benzene rings is 1. The first-order valence-corrected chi connectivity index (χ1v) is 6.74. The minimum atomic E-state index is -0.823. The van der Waals surface area contributed by atoms with E-state index in [-0.39, 0.29) is 0 Å². The summed E-state index contributed by atoms with van der Waals surface area (Å²) in [4.78, 5) is 0. The third kappa shape index (κ3) is 2.93. The molecule has 1 aliphatic heterocycles. The number of fused-ring (bicyclic) bond motifs is 1. The van der Waals surface area contributed by atoms with Crippen molar-refractivity contribution in [2.24, 2.45) is 5.10 Å². The van der Waals surface area contributed by atoms with Gasteiger partial charge in [-0.05, 0) is 22.7 Å². The molecule has 0 amide bonds. The van der Waals surface area contributed by atoms with Gasteiger partial charge >= 0.3 is 7.12 Å². The van der Waals surface area contributed by atoms with Crippen LogP contribution >= 0.6 is 0 Å². The van der Waals surface area contributed by atoms with Crippen molar-refractivity contribution >= 4 is 24.6 Å². The average molecular weight is 298 g/mol. The van der Waals surface area contributed by atoms with Crippen LogP contribution in [0.1, 0.15) is 11.1 Å². The minimum Gasteiger partial charge on any atom is -0.495 e. The van der Waals surface area contributed by atoms with E-state index in [4.69, 9.17) is 9.39 Å². The van der Waals surface area contributed by atoms with Crippen LogP contribution in [-0.4, -0.2) is 42.7 Å². The van der Waals surface area contributed by atoms with Gasteiger partial charge in [0.2, 0.25) is 0 Å². The van der Waals surface area contributed by atoms with E-state index >= 15 is 0 Å². The first kappa shape index (κ1) is 14.5. The molecular weight excluding hydrogens is 283 g/mol. The van der Waals surface area contributed by atoms with Gasteiger partial charge in [0.1, 0.15) is 5.75 Å². The number of ether oxygens (including phenoxy) is 1. The van der Waals surface area contributed by atoms with E-state index in [9.17, 15) is 5.02 Å². The zero-order chi connectivity index (χ0) is 15.5. The summed E-state index contributed by atoms with van der Waals surface area (Å²) in [5.41, 5.74) is 2.70. The molecule has 1 N–H and O–H groups in total. The number of methoxy groups -OCH3 is 1. The van der Waals surface area contributed by atoms with E-state index in [1.165, 1.54) is 6.20 Å². The lowest BCUT2D eigenvalue weighted by Crippen LogP contribution is -2.27. The van der Waals surface area contributed by atoms with Gasteiger partial charge in [0.15, 0.2) is 5.82 Å². The van der Waals surface area contributed by atoms with Crippen molar-refractivity contribution in [2.75, 3.05) is 19.2 Å². The predicted molar refractivity (Wildman–Crippen MR) is 83.4 cm³/mol. The Morgan fingerprint density at radius 2 is 2.32 bits per heavy atom. The zero-order valence-corrected chi connectivity index (χ0v) is 12.3. The van der Waals surface area contributed by atoms with Crippen molar-refractivity contribution in [1.82, 2.24) is 10.2 Å². The number of hydrogen-bond acceptors (Lipinski definition) is 7. The van der Waals surface area contributed by atoms with Crippen LogP contribution in [0, 0.1) is 0 Å².